The smallest absolute Gasteiger partial charge is 0.237 e. The lowest BCUT2D eigenvalue weighted by molar-refractivity contribution is -0.125. The van der Waals surface area contributed by atoms with E-state index in [1.165, 1.54) is 5.56 Å². The van der Waals surface area contributed by atoms with E-state index < -0.39 is 0 Å². The molecule has 1 fully saturated rings. The zero-order chi connectivity index (χ0) is 12.5. The molecule has 1 aliphatic heterocycles. The number of hydrogen-bond acceptors (Lipinski definition) is 3. The lowest BCUT2D eigenvalue weighted by Crippen LogP contribution is -2.54. The van der Waals surface area contributed by atoms with E-state index >= 15 is 0 Å². The average Bonchev–Trinajstić information content (AvgIpc) is 2.86. The van der Waals surface area contributed by atoms with Gasteiger partial charge in [-0.05, 0) is 30.2 Å². The number of nitrogens with one attached hydrogen (secondary N) is 2. The third-order valence-electron chi connectivity index (χ3n) is 3.49. The zero-order valence-electron chi connectivity index (χ0n) is 10.3. The number of benzene rings is 1. The summed E-state index contributed by atoms with van der Waals surface area (Å²) >= 11 is 0. The minimum absolute atomic E-state index is 0.0937. The van der Waals surface area contributed by atoms with Crippen molar-refractivity contribution in [1.82, 2.24) is 10.6 Å². The SMILES string of the molecule is CCC1NC(c2ccc3occc3c2)CNC1=O. The Hall–Kier alpha value is -1.81. The summed E-state index contributed by atoms with van der Waals surface area (Å²) in [5.41, 5.74) is 2.08. The summed E-state index contributed by atoms with van der Waals surface area (Å²) in [5, 5.41) is 7.43. The Balaban J connectivity index is 1.87. The topological polar surface area (TPSA) is 54.3 Å². The van der Waals surface area contributed by atoms with Crippen molar-refractivity contribution >= 4 is 16.9 Å². The van der Waals surface area contributed by atoms with Crippen molar-refractivity contribution in [1.29, 1.82) is 0 Å². The third kappa shape index (κ3) is 1.88. The number of piperazine rings is 1. The van der Waals surface area contributed by atoms with E-state index in [-0.39, 0.29) is 18.0 Å². The van der Waals surface area contributed by atoms with Gasteiger partial charge >= 0.3 is 0 Å². The molecule has 4 nitrogen and oxygen atoms in total. The summed E-state index contributed by atoms with van der Waals surface area (Å²) < 4.78 is 5.33. The molecule has 2 N–H and O–H groups in total. The molecule has 2 aromatic rings. The molecule has 1 aliphatic rings. The van der Waals surface area contributed by atoms with Crippen LogP contribution in [0.5, 0.6) is 0 Å². The first-order valence-corrected chi connectivity index (χ1v) is 6.29. The van der Waals surface area contributed by atoms with E-state index in [9.17, 15) is 4.79 Å². The van der Waals surface area contributed by atoms with Gasteiger partial charge in [0.25, 0.3) is 0 Å². The van der Waals surface area contributed by atoms with E-state index in [0.29, 0.717) is 6.54 Å². The van der Waals surface area contributed by atoms with Crippen molar-refractivity contribution in [3.8, 4) is 0 Å². The number of carbonyl (C=O) groups excluding carboxylic acids is 1. The second kappa shape index (κ2) is 4.46. The molecule has 3 rings (SSSR count). The maximum Gasteiger partial charge on any atom is 0.237 e. The second-order valence-corrected chi connectivity index (χ2v) is 4.64. The van der Waals surface area contributed by atoms with Gasteiger partial charge in [-0.25, -0.2) is 0 Å². The molecule has 1 amide bonds. The van der Waals surface area contributed by atoms with Crippen LogP contribution in [0.1, 0.15) is 24.9 Å². The maximum atomic E-state index is 11.6. The number of furan rings is 1. The van der Waals surface area contributed by atoms with Gasteiger partial charge in [0, 0.05) is 11.9 Å². The fourth-order valence-corrected chi connectivity index (χ4v) is 2.42. The van der Waals surface area contributed by atoms with Gasteiger partial charge in [0.05, 0.1) is 18.3 Å². The molecular formula is C14H16N2O2. The van der Waals surface area contributed by atoms with Crippen LogP contribution in [0.4, 0.5) is 0 Å². The number of hydrogen-bond donors (Lipinski definition) is 2. The first kappa shape index (κ1) is 11.3. The van der Waals surface area contributed by atoms with Crippen LogP contribution in [0.15, 0.2) is 34.9 Å². The van der Waals surface area contributed by atoms with Crippen LogP contribution in [-0.4, -0.2) is 18.5 Å². The molecule has 2 atom stereocenters. The Kier molecular flexibility index (Phi) is 2.80. The summed E-state index contributed by atoms with van der Waals surface area (Å²) in [6, 6.07) is 8.17. The fraction of sp³-hybridized carbons (Fsp3) is 0.357. The molecule has 94 valence electrons. The van der Waals surface area contributed by atoms with Crippen LogP contribution in [0, 0.1) is 0 Å². The fourth-order valence-electron chi connectivity index (χ4n) is 2.42. The predicted molar refractivity (Wildman–Crippen MR) is 69.2 cm³/mol. The standard InChI is InChI=1S/C14H16N2O2/c1-2-11-14(17)15-8-12(16-11)9-3-4-13-10(7-9)5-6-18-13/h3-7,11-12,16H,2,8H2,1H3,(H,15,17). The van der Waals surface area contributed by atoms with E-state index in [1.54, 1.807) is 6.26 Å². The van der Waals surface area contributed by atoms with Gasteiger partial charge in [-0.3, -0.25) is 10.1 Å². The Morgan fingerprint density at radius 3 is 3.11 bits per heavy atom. The largest absolute Gasteiger partial charge is 0.464 e. The van der Waals surface area contributed by atoms with Gasteiger partial charge in [0.2, 0.25) is 5.91 Å². The van der Waals surface area contributed by atoms with Gasteiger partial charge in [-0.15, -0.1) is 0 Å². The van der Waals surface area contributed by atoms with E-state index in [1.807, 2.05) is 25.1 Å². The highest BCUT2D eigenvalue weighted by molar-refractivity contribution is 5.83. The lowest BCUT2D eigenvalue weighted by atomic mass is 10.0. The normalized spacial score (nSPS) is 24.2. The van der Waals surface area contributed by atoms with E-state index in [4.69, 9.17) is 4.42 Å². The molecule has 18 heavy (non-hydrogen) atoms. The quantitative estimate of drug-likeness (QED) is 0.849. The summed E-state index contributed by atoms with van der Waals surface area (Å²) in [5.74, 6) is 0.0955. The Bertz CT molecular complexity index is 576. The van der Waals surface area contributed by atoms with Crippen molar-refractivity contribution in [2.45, 2.75) is 25.4 Å². The van der Waals surface area contributed by atoms with Crippen molar-refractivity contribution in [3.63, 3.8) is 0 Å². The molecule has 0 spiro atoms. The second-order valence-electron chi connectivity index (χ2n) is 4.64. The molecular weight excluding hydrogens is 228 g/mol. The minimum atomic E-state index is -0.0937. The highest BCUT2D eigenvalue weighted by Gasteiger charge is 2.27. The van der Waals surface area contributed by atoms with E-state index in [2.05, 4.69) is 16.7 Å². The molecule has 0 saturated carbocycles. The van der Waals surface area contributed by atoms with Gasteiger partial charge < -0.3 is 9.73 Å². The van der Waals surface area contributed by atoms with Gasteiger partial charge in [-0.1, -0.05) is 13.0 Å². The zero-order valence-corrected chi connectivity index (χ0v) is 10.3. The van der Waals surface area contributed by atoms with Crippen LogP contribution in [0.2, 0.25) is 0 Å². The average molecular weight is 244 g/mol. The first-order valence-electron chi connectivity index (χ1n) is 6.29. The lowest BCUT2D eigenvalue weighted by Gasteiger charge is -2.30. The number of rotatable bonds is 2. The van der Waals surface area contributed by atoms with Crippen LogP contribution in [0.3, 0.4) is 0 Å². The van der Waals surface area contributed by atoms with Gasteiger partial charge in [0.15, 0.2) is 0 Å². The van der Waals surface area contributed by atoms with E-state index in [0.717, 1.165) is 17.4 Å². The maximum absolute atomic E-state index is 11.6. The first-order chi connectivity index (χ1) is 8.78. The van der Waals surface area contributed by atoms with Crippen LogP contribution >= 0.6 is 0 Å². The highest BCUT2D eigenvalue weighted by Crippen LogP contribution is 2.22. The minimum Gasteiger partial charge on any atom is -0.464 e. The van der Waals surface area contributed by atoms with Crippen LogP contribution < -0.4 is 10.6 Å². The molecule has 1 aromatic carbocycles. The van der Waals surface area contributed by atoms with Crippen molar-refractivity contribution in [2.75, 3.05) is 6.54 Å². The predicted octanol–water partition coefficient (Wildman–Crippen LogP) is 1.97. The Morgan fingerprint density at radius 1 is 1.39 bits per heavy atom. The third-order valence-corrected chi connectivity index (χ3v) is 3.49. The summed E-state index contributed by atoms with van der Waals surface area (Å²) in [6.07, 6.45) is 2.50. The molecule has 2 heterocycles. The summed E-state index contributed by atoms with van der Waals surface area (Å²) in [4.78, 5) is 11.6. The highest BCUT2D eigenvalue weighted by atomic mass is 16.3. The molecule has 0 aliphatic carbocycles. The number of fused-ring (bicyclic) bond motifs is 1. The van der Waals surface area contributed by atoms with Crippen molar-refractivity contribution in [3.05, 3.63) is 36.1 Å². The summed E-state index contributed by atoms with van der Waals surface area (Å²) in [6.45, 7) is 2.65. The number of amides is 1. The monoisotopic (exact) mass is 244 g/mol. The number of carbonyl (C=O) groups is 1. The molecule has 0 bridgehead atoms. The Morgan fingerprint density at radius 2 is 2.28 bits per heavy atom. The van der Waals surface area contributed by atoms with Crippen LogP contribution in [0.25, 0.3) is 11.0 Å². The molecule has 1 aromatic heterocycles. The summed E-state index contributed by atoms with van der Waals surface area (Å²) in [7, 11) is 0. The van der Waals surface area contributed by atoms with Gasteiger partial charge in [-0.2, -0.15) is 0 Å². The Labute approximate surface area is 105 Å². The van der Waals surface area contributed by atoms with Crippen molar-refractivity contribution < 1.29 is 9.21 Å². The van der Waals surface area contributed by atoms with Crippen LogP contribution in [-0.2, 0) is 4.79 Å². The molecule has 1 saturated heterocycles. The van der Waals surface area contributed by atoms with Gasteiger partial charge in [0.1, 0.15) is 5.58 Å². The van der Waals surface area contributed by atoms with Crippen molar-refractivity contribution in [2.24, 2.45) is 0 Å². The molecule has 0 radical (unpaired) electrons. The molecule has 2 unspecified atom stereocenters. The molecule has 4 heteroatoms.